The average molecular weight is 351 g/mol. The van der Waals surface area contributed by atoms with Crippen molar-refractivity contribution in [1.82, 2.24) is 5.06 Å². The summed E-state index contributed by atoms with van der Waals surface area (Å²) in [5, 5.41) is 1.30. The highest BCUT2D eigenvalue weighted by molar-refractivity contribution is 14.1. The van der Waals surface area contributed by atoms with Gasteiger partial charge in [-0.1, -0.05) is 0 Å². The molecule has 0 saturated heterocycles. The maximum absolute atomic E-state index is 12.1. The third-order valence-electron chi connectivity index (χ3n) is 2.92. The Hall–Kier alpha value is -0.140. The van der Waals surface area contributed by atoms with Crippen molar-refractivity contribution < 1.29 is 9.63 Å². The van der Waals surface area contributed by atoms with Crippen molar-refractivity contribution in [3.8, 4) is 0 Å². The van der Waals surface area contributed by atoms with Gasteiger partial charge >= 0.3 is 0 Å². The molecule has 1 aromatic rings. The summed E-state index contributed by atoms with van der Waals surface area (Å²) >= 11 is 3.94. The number of hydrogen-bond donors (Lipinski definition) is 0. The van der Waals surface area contributed by atoms with Crippen LogP contribution in [0.4, 0.5) is 0 Å². The summed E-state index contributed by atoms with van der Waals surface area (Å²) < 4.78 is 1.26. The lowest BCUT2D eigenvalue weighted by molar-refractivity contribution is -0.0754. The number of hydroxylamine groups is 2. The normalized spacial score (nSPS) is 14.7. The maximum atomic E-state index is 12.1. The highest BCUT2D eigenvalue weighted by Gasteiger charge is 2.25. The third kappa shape index (κ3) is 2.12. The lowest BCUT2D eigenvalue weighted by Gasteiger charge is -2.16. The van der Waals surface area contributed by atoms with Gasteiger partial charge in [0.05, 0.1) is 14.9 Å². The number of halogens is 1. The molecule has 1 amide bonds. The zero-order chi connectivity index (χ0) is 11.7. The first-order valence-corrected chi connectivity index (χ1v) is 7.17. The molecular weight excluding hydrogens is 337 g/mol. The lowest BCUT2D eigenvalue weighted by Crippen LogP contribution is -2.25. The van der Waals surface area contributed by atoms with Crippen LogP contribution >= 0.6 is 33.9 Å². The number of amides is 1. The molecular formula is C11H14INO2S. The summed E-state index contributed by atoms with van der Waals surface area (Å²) in [7, 11) is 3.17. The molecule has 1 aliphatic carbocycles. The molecule has 16 heavy (non-hydrogen) atoms. The van der Waals surface area contributed by atoms with Crippen molar-refractivity contribution in [3.63, 3.8) is 0 Å². The van der Waals surface area contributed by atoms with Crippen LogP contribution in [0.3, 0.4) is 0 Å². The summed E-state index contributed by atoms with van der Waals surface area (Å²) in [6.45, 7) is 0. The van der Waals surface area contributed by atoms with Gasteiger partial charge in [0.2, 0.25) is 0 Å². The number of carbonyl (C=O) groups excluding carboxylic acids is 1. The molecule has 5 heteroatoms. The fourth-order valence-electron chi connectivity index (χ4n) is 1.98. The van der Waals surface area contributed by atoms with Gasteiger partial charge in [0, 0.05) is 7.05 Å². The van der Waals surface area contributed by atoms with Crippen LogP contribution in [0.15, 0.2) is 0 Å². The minimum atomic E-state index is -0.0198. The molecule has 1 aromatic heterocycles. The van der Waals surface area contributed by atoms with E-state index in [0.29, 0.717) is 0 Å². The van der Waals surface area contributed by atoms with E-state index in [1.807, 2.05) is 0 Å². The Labute approximate surface area is 113 Å². The monoisotopic (exact) mass is 351 g/mol. The summed E-state index contributed by atoms with van der Waals surface area (Å²) in [5.41, 5.74) is 2.65. The van der Waals surface area contributed by atoms with Crippen LogP contribution in [-0.2, 0) is 17.7 Å². The standard InChI is InChI=1S/C11H14INO2S/c1-13(15-2)11(14)9-7-5-3-4-6-8(7)10(12)16-9/h3-6H2,1-2H3. The Kier molecular flexibility index (Phi) is 3.86. The maximum Gasteiger partial charge on any atom is 0.287 e. The van der Waals surface area contributed by atoms with Crippen molar-refractivity contribution in [2.45, 2.75) is 25.7 Å². The summed E-state index contributed by atoms with van der Waals surface area (Å²) in [4.78, 5) is 17.9. The molecule has 0 radical (unpaired) electrons. The predicted molar refractivity (Wildman–Crippen MR) is 72.8 cm³/mol. The Morgan fingerprint density at radius 1 is 1.38 bits per heavy atom. The van der Waals surface area contributed by atoms with Crippen molar-refractivity contribution in [3.05, 3.63) is 18.9 Å². The van der Waals surface area contributed by atoms with Crippen LogP contribution < -0.4 is 0 Å². The first-order chi connectivity index (χ1) is 7.65. The Morgan fingerprint density at radius 3 is 2.62 bits per heavy atom. The zero-order valence-electron chi connectivity index (χ0n) is 9.38. The molecule has 0 aliphatic heterocycles. The van der Waals surface area contributed by atoms with Gasteiger partial charge in [0.1, 0.15) is 0 Å². The van der Waals surface area contributed by atoms with Crippen LogP contribution in [-0.4, -0.2) is 25.1 Å². The zero-order valence-corrected chi connectivity index (χ0v) is 12.4. The smallest absolute Gasteiger partial charge is 0.274 e. The van der Waals surface area contributed by atoms with Gasteiger partial charge in [-0.2, -0.15) is 0 Å². The van der Waals surface area contributed by atoms with Gasteiger partial charge in [0.15, 0.2) is 0 Å². The molecule has 3 nitrogen and oxygen atoms in total. The molecule has 2 rings (SSSR count). The van der Waals surface area contributed by atoms with Crippen LogP contribution in [0, 0.1) is 2.88 Å². The van der Waals surface area contributed by atoms with Gasteiger partial charge in [-0.3, -0.25) is 9.63 Å². The van der Waals surface area contributed by atoms with Crippen molar-refractivity contribution in [2.24, 2.45) is 0 Å². The van der Waals surface area contributed by atoms with Gasteiger partial charge in [0.25, 0.3) is 5.91 Å². The van der Waals surface area contributed by atoms with Gasteiger partial charge in [-0.25, -0.2) is 5.06 Å². The van der Waals surface area contributed by atoms with E-state index in [0.717, 1.165) is 17.7 Å². The van der Waals surface area contributed by atoms with Crippen LogP contribution in [0.2, 0.25) is 0 Å². The van der Waals surface area contributed by atoms with E-state index in [-0.39, 0.29) is 5.91 Å². The summed E-state index contributed by atoms with van der Waals surface area (Å²) in [5.74, 6) is -0.0198. The predicted octanol–water partition coefficient (Wildman–Crippen LogP) is 2.86. The SMILES string of the molecule is CON(C)C(=O)c1sc(I)c2c1CCCC2. The van der Waals surface area contributed by atoms with E-state index in [1.165, 1.54) is 39.0 Å². The van der Waals surface area contributed by atoms with Gasteiger partial charge in [-0.05, 0) is 59.4 Å². The van der Waals surface area contributed by atoms with E-state index in [9.17, 15) is 4.79 Å². The Bertz CT molecular complexity index is 416. The minimum Gasteiger partial charge on any atom is -0.274 e. The topological polar surface area (TPSA) is 29.5 Å². The number of rotatable bonds is 2. The van der Waals surface area contributed by atoms with E-state index in [4.69, 9.17) is 4.84 Å². The van der Waals surface area contributed by atoms with Crippen molar-refractivity contribution >= 4 is 39.8 Å². The van der Waals surface area contributed by atoms with E-state index < -0.39 is 0 Å². The minimum absolute atomic E-state index is 0.0198. The fraction of sp³-hybridized carbons (Fsp3) is 0.545. The van der Waals surface area contributed by atoms with E-state index in [1.54, 1.807) is 18.4 Å². The molecule has 0 spiro atoms. The number of hydrogen-bond acceptors (Lipinski definition) is 3. The van der Waals surface area contributed by atoms with E-state index >= 15 is 0 Å². The molecule has 88 valence electrons. The highest BCUT2D eigenvalue weighted by atomic mass is 127. The van der Waals surface area contributed by atoms with Crippen molar-refractivity contribution in [2.75, 3.05) is 14.2 Å². The molecule has 0 unspecified atom stereocenters. The lowest BCUT2D eigenvalue weighted by atomic mass is 9.94. The second kappa shape index (κ2) is 5.01. The molecule has 1 aliphatic rings. The Morgan fingerprint density at radius 2 is 2.00 bits per heavy atom. The van der Waals surface area contributed by atoms with Crippen molar-refractivity contribution in [1.29, 1.82) is 0 Å². The van der Waals surface area contributed by atoms with Gasteiger partial charge in [-0.15, -0.1) is 11.3 Å². The molecule has 0 N–H and O–H groups in total. The van der Waals surface area contributed by atoms with Crippen LogP contribution in [0.25, 0.3) is 0 Å². The Balaban J connectivity index is 2.38. The summed E-state index contributed by atoms with van der Waals surface area (Å²) in [6.07, 6.45) is 4.59. The number of nitrogens with zero attached hydrogens (tertiary/aromatic N) is 1. The molecule has 0 fully saturated rings. The van der Waals surface area contributed by atoms with Crippen LogP contribution in [0.5, 0.6) is 0 Å². The molecule has 0 bridgehead atoms. The molecule has 1 heterocycles. The molecule has 0 atom stereocenters. The quantitative estimate of drug-likeness (QED) is 0.606. The fourth-order valence-corrected chi connectivity index (χ4v) is 4.33. The third-order valence-corrected chi connectivity index (χ3v) is 5.29. The van der Waals surface area contributed by atoms with Crippen LogP contribution in [0.1, 0.15) is 33.6 Å². The second-order valence-electron chi connectivity index (χ2n) is 3.85. The number of fused-ring (bicyclic) bond motifs is 1. The largest absolute Gasteiger partial charge is 0.287 e. The van der Waals surface area contributed by atoms with E-state index in [2.05, 4.69) is 22.6 Å². The average Bonchev–Trinajstić information content (AvgIpc) is 2.65. The first kappa shape index (κ1) is 12.3. The summed E-state index contributed by atoms with van der Waals surface area (Å²) in [6, 6.07) is 0. The molecule has 0 aromatic carbocycles. The molecule has 0 saturated carbocycles. The highest BCUT2D eigenvalue weighted by Crippen LogP contribution is 2.35. The second-order valence-corrected chi connectivity index (χ2v) is 6.69. The number of thiophene rings is 1. The first-order valence-electron chi connectivity index (χ1n) is 5.27. The number of carbonyl (C=O) groups is 1. The van der Waals surface area contributed by atoms with Gasteiger partial charge < -0.3 is 0 Å².